The standard InChI is InChI=1S/C21H20N2O5S/c22-29(26,27)19-14-16(21(24)25)13-18(20(19)28-17-9-5-2-6-10-17)23-12-11-15-7-3-1-4-8-15/h1-10,13-14,23H,11-12H2,(H,24,25)(H2,22,26,27). The number of primary sulfonamides is 1. The Morgan fingerprint density at radius 1 is 1.00 bits per heavy atom. The van der Waals surface area contributed by atoms with Crippen LogP contribution in [0.3, 0.4) is 0 Å². The number of rotatable bonds is 8. The van der Waals surface area contributed by atoms with Gasteiger partial charge in [0, 0.05) is 6.54 Å². The number of hydrogen-bond donors (Lipinski definition) is 3. The minimum absolute atomic E-state index is 0.0447. The molecule has 0 atom stereocenters. The molecule has 7 nitrogen and oxygen atoms in total. The molecule has 0 aliphatic carbocycles. The van der Waals surface area contributed by atoms with Gasteiger partial charge in [0.05, 0.1) is 11.3 Å². The number of anilines is 1. The van der Waals surface area contributed by atoms with Crippen LogP contribution >= 0.6 is 0 Å². The highest BCUT2D eigenvalue weighted by molar-refractivity contribution is 7.89. The molecule has 4 N–H and O–H groups in total. The summed E-state index contributed by atoms with van der Waals surface area (Å²) in [4.78, 5) is 11.1. The topological polar surface area (TPSA) is 119 Å². The van der Waals surface area contributed by atoms with E-state index in [0.717, 1.165) is 11.6 Å². The fraction of sp³-hybridized carbons (Fsp3) is 0.0952. The summed E-state index contributed by atoms with van der Waals surface area (Å²) in [5.74, 6) is -0.921. The summed E-state index contributed by atoms with van der Waals surface area (Å²) in [6, 6.07) is 20.6. The second-order valence-corrected chi connectivity index (χ2v) is 7.81. The van der Waals surface area contributed by atoms with Crippen LogP contribution in [0.2, 0.25) is 0 Å². The van der Waals surface area contributed by atoms with Crippen LogP contribution < -0.4 is 15.2 Å². The maximum Gasteiger partial charge on any atom is 0.335 e. The molecule has 0 amide bonds. The van der Waals surface area contributed by atoms with Crippen LogP contribution in [-0.2, 0) is 16.4 Å². The van der Waals surface area contributed by atoms with Crippen LogP contribution in [0.4, 0.5) is 5.69 Å². The van der Waals surface area contributed by atoms with Crippen LogP contribution in [-0.4, -0.2) is 26.0 Å². The Bertz CT molecular complexity index is 1100. The maximum absolute atomic E-state index is 12.1. The first kappa shape index (κ1) is 20.4. The molecule has 29 heavy (non-hydrogen) atoms. The number of benzene rings is 3. The Balaban J connectivity index is 2.00. The van der Waals surface area contributed by atoms with Gasteiger partial charge in [0.15, 0.2) is 5.75 Å². The van der Waals surface area contributed by atoms with Crippen molar-refractivity contribution in [1.29, 1.82) is 0 Å². The number of ether oxygens (including phenoxy) is 1. The van der Waals surface area contributed by atoms with Crippen LogP contribution in [0.5, 0.6) is 11.5 Å². The van der Waals surface area contributed by atoms with E-state index in [2.05, 4.69) is 5.32 Å². The molecule has 3 aromatic carbocycles. The minimum atomic E-state index is -4.24. The lowest BCUT2D eigenvalue weighted by molar-refractivity contribution is 0.0696. The van der Waals surface area contributed by atoms with E-state index in [1.807, 2.05) is 30.3 Å². The normalized spacial score (nSPS) is 11.1. The number of aromatic carboxylic acids is 1. The van der Waals surface area contributed by atoms with Gasteiger partial charge in [-0.15, -0.1) is 0 Å². The third-order valence-electron chi connectivity index (χ3n) is 4.14. The number of carboxylic acid groups (broad SMARTS) is 1. The van der Waals surface area contributed by atoms with Gasteiger partial charge < -0.3 is 15.2 Å². The molecular weight excluding hydrogens is 392 g/mol. The molecule has 8 heteroatoms. The van der Waals surface area contributed by atoms with Crippen molar-refractivity contribution in [3.63, 3.8) is 0 Å². The molecule has 0 aliphatic rings. The highest BCUT2D eigenvalue weighted by atomic mass is 32.2. The van der Waals surface area contributed by atoms with E-state index in [4.69, 9.17) is 9.88 Å². The average molecular weight is 412 g/mol. The van der Waals surface area contributed by atoms with E-state index in [1.165, 1.54) is 6.07 Å². The summed E-state index contributed by atoms with van der Waals surface area (Å²) in [6.45, 7) is 0.433. The number of carbonyl (C=O) groups is 1. The largest absolute Gasteiger partial charge is 0.478 e. The summed E-state index contributed by atoms with van der Waals surface area (Å²) in [5.41, 5.74) is 1.09. The third kappa shape index (κ3) is 5.34. The van der Waals surface area contributed by atoms with E-state index in [1.54, 1.807) is 30.3 Å². The molecule has 0 fully saturated rings. The van der Waals surface area contributed by atoms with Gasteiger partial charge in [-0.1, -0.05) is 48.5 Å². The molecule has 0 unspecified atom stereocenters. The summed E-state index contributed by atoms with van der Waals surface area (Å²) in [7, 11) is -4.24. The first-order valence-electron chi connectivity index (χ1n) is 8.79. The van der Waals surface area contributed by atoms with E-state index in [-0.39, 0.29) is 17.0 Å². The van der Waals surface area contributed by atoms with Gasteiger partial charge in [0.1, 0.15) is 10.6 Å². The highest BCUT2D eigenvalue weighted by Crippen LogP contribution is 2.37. The van der Waals surface area contributed by atoms with E-state index >= 15 is 0 Å². The van der Waals surface area contributed by atoms with Gasteiger partial charge >= 0.3 is 5.97 Å². The second kappa shape index (κ2) is 8.76. The van der Waals surface area contributed by atoms with E-state index < -0.39 is 20.9 Å². The molecule has 0 spiro atoms. The van der Waals surface area contributed by atoms with Gasteiger partial charge in [0.2, 0.25) is 10.0 Å². The van der Waals surface area contributed by atoms with Crippen molar-refractivity contribution in [3.05, 3.63) is 83.9 Å². The summed E-state index contributed by atoms with van der Waals surface area (Å²) < 4.78 is 30.1. The van der Waals surface area contributed by atoms with Crippen molar-refractivity contribution in [2.75, 3.05) is 11.9 Å². The number of sulfonamides is 1. The molecule has 0 radical (unpaired) electrons. The molecule has 150 valence electrons. The van der Waals surface area contributed by atoms with Crippen molar-refractivity contribution in [1.82, 2.24) is 0 Å². The fourth-order valence-electron chi connectivity index (χ4n) is 2.77. The molecular formula is C21H20N2O5S. The zero-order chi connectivity index (χ0) is 20.9. The van der Waals surface area contributed by atoms with Crippen LogP contribution in [0.1, 0.15) is 15.9 Å². The molecule has 3 aromatic rings. The highest BCUT2D eigenvalue weighted by Gasteiger charge is 2.23. The molecule has 0 bridgehead atoms. The van der Waals surface area contributed by atoms with Crippen molar-refractivity contribution >= 4 is 21.7 Å². The Morgan fingerprint density at radius 2 is 1.62 bits per heavy atom. The zero-order valence-electron chi connectivity index (χ0n) is 15.4. The van der Waals surface area contributed by atoms with Gasteiger partial charge in [-0.3, -0.25) is 0 Å². The van der Waals surface area contributed by atoms with Crippen molar-refractivity contribution in [2.24, 2.45) is 5.14 Å². The van der Waals surface area contributed by atoms with E-state index in [0.29, 0.717) is 18.7 Å². The first-order valence-corrected chi connectivity index (χ1v) is 10.3. The lowest BCUT2D eigenvalue weighted by atomic mass is 10.1. The zero-order valence-corrected chi connectivity index (χ0v) is 16.2. The molecule has 0 aliphatic heterocycles. The Hall–Kier alpha value is -3.36. The Labute approximate surface area is 168 Å². The number of para-hydroxylation sites is 1. The van der Waals surface area contributed by atoms with Gasteiger partial charge in [-0.2, -0.15) is 0 Å². The molecule has 3 rings (SSSR count). The van der Waals surface area contributed by atoms with Crippen LogP contribution in [0, 0.1) is 0 Å². The number of carboxylic acids is 1. The SMILES string of the molecule is NS(=O)(=O)c1cc(C(=O)O)cc(NCCc2ccccc2)c1Oc1ccccc1. The van der Waals surface area contributed by atoms with Crippen molar-refractivity contribution in [3.8, 4) is 11.5 Å². The lowest BCUT2D eigenvalue weighted by Crippen LogP contribution is -2.16. The third-order valence-corrected chi connectivity index (χ3v) is 5.06. The monoisotopic (exact) mass is 412 g/mol. The van der Waals surface area contributed by atoms with Gasteiger partial charge in [-0.25, -0.2) is 18.4 Å². The predicted molar refractivity (Wildman–Crippen MR) is 110 cm³/mol. The smallest absolute Gasteiger partial charge is 0.335 e. The van der Waals surface area contributed by atoms with Crippen molar-refractivity contribution in [2.45, 2.75) is 11.3 Å². The molecule has 0 heterocycles. The summed E-state index contributed by atoms with van der Waals surface area (Å²) in [6.07, 6.45) is 0.646. The maximum atomic E-state index is 12.1. The average Bonchev–Trinajstić information content (AvgIpc) is 2.69. The van der Waals surface area contributed by atoms with Gasteiger partial charge in [0.25, 0.3) is 0 Å². The quantitative estimate of drug-likeness (QED) is 0.521. The number of hydrogen-bond acceptors (Lipinski definition) is 5. The number of nitrogens with one attached hydrogen (secondary N) is 1. The second-order valence-electron chi connectivity index (χ2n) is 6.28. The Kier molecular flexibility index (Phi) is 6.16. The lowest BCUT2D eigenvalue weighted by Gasteiger charge is -2.17. The minimum Gasteiger partial charge on any atom is -0.478 e. The first-order chi connectivity index (χ1) is 13.8. The molecule has 0 aromatic heterocycles. The number of nitrogens with two attached hydrogens (primary N) is 1. The van der Waals surface area contributed by atoms with Crippen LogP contribution in [0.25, 0.3) is 0 Å². The Morgan fingerprint density at radius 3 is 2.21 bits per heavy atom. The van der Waals surface area contributed by atoms with Crippen LogP contribution in [0.15, 0.2) is 77.7 Å². The van der Waals surface area contributed by atoms with Crippen molar-refractivity contribution < 1.29 is 23.1 Å². The summed E-state index contributed by atoms with van der Waals surface area (Å²) >= 11 is 0. The van der Waals surface area contributed by atoms with Gasteiger partial charge in [-0.05, 0) is 36.2 Å². The fourth-order valence-corrected chi connectivity index (χ4v) is 3.47. The predicted octanol–water partition coefficient (Wildman–Crippen LogP) is 3.48. The van der Waals surface area contributed by atoms with E-state index in [9.17, 15) is 18.3 Å². The molecule has 0 saturated heterocycles. The summed E-state index contributed by atoms with van der Waals surface area (Å²) in [5, 5.41) is 17.8. The molecule has 0 saturated carbocycles.